The molecule has 1 amide bonds. The molecule has 4 heteroatoms. The topological polar surface area (TPSA) is 41.1 Å². The lowest BCUT2D eigenvalue weighted by molar-refractivity contribution is -0.121. The summed E-state index contributed by atoms with van der Waals surface area (Å²) in [6.07, 6.45) is 0.575. The third-order valence-corrected chi connectivity index (χ3v) is 4.49. The molecule has 104 valence electrons. The van der Waals surface area contributed by atoms with Crippen LogP contribution in [0.2, 0.25) is 0 Å². The van der Waals surface area contributed by atoms with Crippen LogP contribution in [0, 0.1) is 0 Å². The minimum absolute atomic E-state index is 0.160. The summed E-state index contributed by atoms with van der Waals surface area (Å²) in [7, 11) is 0. The Morgan fingerprint density at radius 1 is 1.53 bits per heavy atom. The molecule has 1 heterocycles. The molecule has 3 nitrogen and oxygen atoms in total. The second-order valence-corrected chi connectivity index (χ2v) is 6.32. The second kappa shape index (κ2) is 6.85. The van der Waals surface area contributed by atoms with Gasteiger partial charge >= 0.3 is 0 Å². The van der Waals surface area contributed by atoms with Crippen molar-refractivity contribution in [1.29, 1.82) is 0 Å². The molecule has 0 radical (unpaired) electrons. The third kappa shape index (κ3) is 3.90. The van der Waals surface area contributed by atoms with Crippen LogP contribution in [0.1, 0.15) is 31.7 Å². The van der Waals surface area contributed by atoms with E-state index in [9.17, 15) is 4.79 Å². The van der Waals surface area contributed by atoms with Crippen LogP contribution in [0.15, 0.2) is 24.3 Å². The Balaban J connectivity index is 1.84. The summed E-state index contributed by atoms with van der Waals surface area (Å²) in [5, 5.41) is 6.44. The van der Waals surface area contributed by atoms with E-state index < -0.39 is 0 Å². The lowest BCUT2D eigenvalue weighted by Crippen LogP contribution is -2.35. The number of thioether (sulfide) groups is 1. The summed E-state index contributed by atoms with van der Waals surface area (Å²) in [6.45, 7) is 5.08. The Kier molecular flexibility index (Phi) is 5.14. The lowest BCUT2D eigenvalue weighted by atomic mass is 9.97. The number of hydrogen-bond donors (Lipinski definition) is 2. The molecule has 19 heavy (non-hydrogen) atoms. The van der Waals surface area contributed by atoms with E-state index in [1.807, 2.05) is 23.9 Å². The van der Waals surface area contributed by atoms with Crippen molar-refractivity contribution in [2.24, 2.45) is 0 Å². The Bertz CT molecular complexity index is 436. The van der Waals surface area contributed by atoms with Crippen molar-refractivity contribution in [3.8, 4) is 0 Å². The van der Waals surface area contributed by atoms with Crippen molar-refractivity contribution >= 4 is 23.4 Å². The largest absolute Gasteiger partial charge is 0.384 e. The molecule has 2 N–H and O–H groups in total. The molecule has 1 aliphatic heterocycles. The first-order chi connectivity index (χ1) is 9.20. The van der Waals surface area contributed by atoms with E-state index in [0.29, 0.717) is 12.3 Å². The number of anilines is 1. The molecule has 0 saturated heterocycles. The number of para-hydroxylation sites is 1. The van der Waals surface area contributed by atoms with E-state index >= 15 is 0 Å². The van der Waals surface area contributed by atoms with Crippen molar-refractivity contribution in [1.82, 2.24) is 5.32 Å². The van der Waals surface area contributed by atoms with Crippen LogP contribution in [-0.2, 0) is 4.79 Å². The maximum Gasteiger partial charge on any atom is 0.220 e. The first kappa shape index (κ1) is 14.3. The predicted octanol–water partition coefficient (Wildman–Crippen LogP) is 2.84. The number of nitrogens with one attached hydrogen (secondary N) is 2. The van der Waals surface area contributed by atoms with E-state index in [-0.39, 0.29) is 11.9 Å². The smallest absolute Gasteiger partial charge is 0.220 e. The number of carbonyl (C=O) groups excluding carboxylic acids is 1. The van der Waals surface area contributed by atoms with Crippen LogP contribution in [0.5, 0.6) is 0 Å². The van der Waals surface area contributed by atoms with Gasteiger partial charge in [-0.25, -0.2) is 0 Å². The summed E-state index contributed by atoms with van der Waals surface area (Å²) in [5.41, 5.74) is 2.45. The summed E-state index contributed by atoms with van der Waals surface area (Å²) in [6, 6.07) is 8.51. The number of amides is 1. The highest BCUT2D eigenvalue weighted by molar-refractivity contribution is 7.99. The SMILES string of the molecule is CCSCC(C)NC(=O)CC1CNc2ccccc21. The van der Waals surface area contributed by atoms with Crippen molar-refractivity contribution in [2.75, 3.05) is 23.4 Å². The number of rotatable bonds is 6. The van der Waals surface area contributed by atoms with E-state index in [1.165, 1.54) is 11.3 Å². The molecule has 2 atom stereocenters. The van der Waals surface area contributed by atoms with Crippen LogP contribution >= 0.6 is 11.8 Å². The number of benzene rings is 1. The molecule has 1 aromatic carbocycles. The average Bonchev–Trinajstić information content (AvgIpc) is 2.80. The number of fused-ring (bicyclic) bond motifs is 1. The normalized spacial score (nSPS) is 18.5. The average molecular weight is 278 g/mol. The molecule has 0 aromatic heterocycles. The molecular weight excluding hydrogens is 256 g/mol. The lowest BCUT2D eigenvalue weighted by Gasteiger charge is -2.15. The van der Waals surface area contributed by atoms with E-state index in [1.54, 1.807) is 0 Å². The maximum absolute atomic E-state index is 12.0. The Labute approximate surface area is 119 Å². The quantitative estimate of drug-likeness (QED) is 0.840. The Hall–Kier alpha value is -1.16. The molecular formula is C15H22N2OS. The van der Waals surface area contributed by atoms with Crippen molar-refractivity contribution in [3.05, 3.63) is 29.8 Å². The molecule has 2 rings (SSSR count). The summed E-state index contributed by atoms with van der Waals surface area (Å²) in [4.78, 5) is 12.0. The van der Waals surface area contributed by atoms with Gasteiger partial charge in [-0.2, -0.15) is 11.8 Å². The number of carbonyl (C=O) groups is 1. The Morgan fingerprint density at radius 2 is 2.32 bits per heavy atom. The fourth-order valence-corrected chi connectivity index (χ4v) is 3.11. The van der Waals surface area contributed by atoms with E-state index in [2.05, 4.69) is 36.6 Å². The van der Waals surface area contributed by atoms with Crippen LogP contribution in [0.3, 0.4) is 0 Å². The monoisotopic (exact) mass is 278 g/mol. The van der Waals surface area contributed by atoms with Crippen LogP contribution in [0.4, 0.5) is 5.69 Å². The first-order valence-corrected chi connectivity index (χ1v) is 8.06. The molecule has 1 aromatic rings. The maximum atomic E-state index is 12.0. The summed E-state index contributed by atoms with van der Waals surface area (Å²) >= 11 is 1.86. The van der Waals surface area contributed by atoms with Crippen LogP contribution in [-0.4, -0.2) is 30.0 Å². The fourth-order valence-electron chi connectivity index (χ4n) is 2.43. The zero-order valence-electron chi connectivity index (χ0n) is 11.6. The molecule has 0 saturated carbocycles. The van der Waals surface area contributed by atoms with Gasteiger partial charge in [0.1, 0.15) is 0 Å². The van der Waals surface area contributed by atoms with Gasteiger partial charge in [-0.05, 0) is 24.3 Å². The molecule has 0 aliphatic carbocycles. The zero-order valence-corrected chi connectivity index (χ0v) is 12.4. The highest BCUT2D eigenvalue weighted by Gasteiger charge is 2.24. The van der Waals surface area contributed by atoms with Gasteiger partial charge in [0.05, 0.1) is 0 Å². The molecule has 0 spiro atoms. The van der Waals surface area contributed by atoms with Crippen LogP contribution in [0.25, 0.3) is 0 Å². The number of hydrogen-bond acceptors (Lipinski definition) is 3. The minimum Gasteiger partial charge on any atom is -0.384 e. The molecule has 2 unspecified atom stereocenters. The van der Waals surface area contributed by atoms with E-state index in [4.69, 9.17) is 0 Å². The second-order valence-electron chi connectivity index (χ2n) is 5.00. The molecule has 1 aliphatic rings. The van der Waals surface area contributed by atoms with Crippen molar-refractivity contribution in [2.45, 2.75) is 32.2 Å². The van der Waals surface area contributed by atoms with Crippen LogP contribution < -0.4 is 10.6 Å². The predicted molar refractivity (Wildman–Crippen MR) is 82.9 cm³/mol. The van der Waals surface area contributed by atoms with Gasteiger partial charge in [0, 0.05) is 36.4 Å². The van der Waals surface area contributed by atoms with Crippen molar-refractivity contribution in [3.63, 3.8) is 0 Å². The minimum atomic E-state index is 0.160. The van der Waals surface area contributed by atoms with Gasteiger partial charge in [0.15, 0.2) is 0 Å². The van der Waals surface area contributed by atoms with E-state index in [0.717, 1.165) is 18.1 Å². The molecule has 0 bridgehead atoms. The van der Waals surface area contributed by atoms with Gasteiger partial charge in [0.2, 0.25) is 5.91 Å². The van der Waals surface area contributed by atoms with Gasteiger partial charge < -0.3 is 10.6 Å². The fraction of sp³-hybridized carbons (Fsp3) is 0.533. The Morgan fingerprint density at radius 3 is 3.11 bits per heavy atom. The highest BCUT2D eigenvalue weighted by Crippen LogP contribution is 2.32. The van der Waals surface area contributed by atoms with Gasteiger partial charge in [-0.1, -0.05) is 25.1 Å². The standard InChI is InChI=1S/C15H22N2OS/c1-3-19-10-11(2)17-15(18)8-12-9-16-14-7-5-4-6-13(12)14/h4-7,11-12,16H,3,8-10H2,1-2H3,(H,17,18). The zero-order chi connectivity index (χ0) is 13.7. The van der Waals surface area contributed by atoms with Gasteiger partial charge in [-0.15, -0.1) is 0 Å². The van der Waals surface area contributed by atoms with Gasteiger partial charge in [-0.3, -0.25) is 4.79 Å². The summed E-state index contributed by atoms with van der Waals surface area (Å²) in [5.74, 6) is 2.55. The third-order valence-electron chi connectivity index (χ3n) is 3.35. The first-order valence-electron chi connectivity index (χ1n) is 6.90. The highest BCUT2D eigenvalue weighted by atomic mass is 32.2. The van der Waals surface area contributed by atoms with Crippen molar-refractivity contribution < 1.29 is 4.79 Å². The van der Waals surface area contributed by atoms with Gasteiger partial charge in [0.25, 0.3) is 0 Å². The summed E-state index contributed by atoms with van der Waals surface area (Å²) < 4.78 is 0. The molecule has 0 fully saturated rings.